The molecule has 144 valence electrons. The van der Waals surface area contributed by atoms with Crippen LogP contribution in [0.2, 0.25) is 0 Å². The number of carbonyl (C=O) groups excluding carboxylic acids is 1. The molecule has 7 heteroatoms. The van der Waals surface area contributed by atoms with E-state index in [9.17, 15) is 4.79 Å². The number of aromatic nitrogens is 2. The Kier molecular flexibility index (Phi) is 5.20. The van der Waals surface area contributed by atoms with Gasteiger partial charge in [-0.3, -0.25) is 0 Å². The third-order valence-corrected chi connectivity index (χ3v) is 4.25. The van der Waals surface area contributed by atoms with E-state index in [0.717, 1.165) is 22.3 Å². The van der Waals surface area contributed by atoms with Crippen LogP contribution in [0.4, 0.5) is 21.9 Å². The van der Waals surface area contributed by atoms with Gasteiger partial charge in [-0.05, 0) is 54.6 Å². The molecule has 0 aliphatic heterocycles. The fourth-order valence-electron chi connectivity index (χ4n) is 2.80. The molecule has 0 spiro atoms. The number of nitrogens with one attached hydrogen (secondary N) is 3. The monoisotopic (exact) mass is 385 g/mol. The van der Waals surface area contributed by atoms with Gasteiger partial charge in [0.05, 0.1) is 10.9 Å². The van der Waals surface area contributed by atoms with Gasteiger partial charge in [-0.25, -0.2) is 14.8 Å². The molecule has 3 aromatic carbocycles. The Bertz CT molecular complexity index is 1130. The maximum absolute atomic E-state index is 12.1. The topological polar surface area (TPSA) is 88.2 Å². The van der Waals surface area contributed by atoms with Gasteiger partial charge in [-0.15, -0.1) is 0 Å². The van der Waals surface area contributed by atoms with Gasteiger partial charge in [0.15, 0.2) is 0 Å². The molecule has 0 aliphatic rings. The molecule has 0 unspecified atom stereocenters. The molecule has 0 saturated heterocycles. The molecule has 1 aromatic heterocycles. The summed E-state index contributed by atoms with van der Waals surface area (Å²) in [5, 5.41) is 9.46. The van der Waals surface area contributed by atoms with Crippen molar-refractivity contribution in [2.75, 3.05) is 23.0 Å². The highest BCUT2D eigenvalue weighted by Crippen LogP contribution is 2.28. The third kappa shape index (κ3) is 4.41. The number of hydrogen-bond donors (Lipinski definition) is 3. The van der Waals surface area contributed by atoms with Crippen LogP contribution in [0, 0.1) is 0 Å². The Labute approximate surface area is 167 Å². The van der Waals surface area contributed by atoms with Crippen LogP contribution in [0.1, 0.15) is 0 Å². The smallest absolute Gasteiger partial charge is 0.323 e. The zero-order valence-electron chi connectivity index (χ0n) is 15.7. The van der Waals surface area contributed by atoms with E-state index in [4.69, 9.17) is 4.74 Å². The molecule has 2 amide bonds. The summed E-state index contributed by atoms with van der Waals surface area (Å²) in [7, 11) is 1.86. The zero-order valence-corrected chi connectivity index (χ0v) is 15.7. The van der Waals surface area contributed by atoms with Crippen LogP contribution in [0.5, 0.6) is 11.6 Å². The summed E-state index contributed by atoms with van der Waals surface area (Å²) in [6, 6.07) is 21.8. The summed E-state index contributed by atoms with van der Waals surface area (Å²) in [5.41, 5.74) is 3.13. The highest BCUT2D eigenvalue weighted by molar-refractivity contribution is 5.99. The SMILES string of the molecule is CNc1ccc2c(Oc3ccc(NC(=O)Nc4ccccc4)cc3)ncnc2c1. The molecule has 3 N–H and O–H groups in total. The van der Waals surface area contributed by atoms with Crippen molar-refractivity contribution in [3.05, 3.63) is 79.1 Å². The van der Waals surface area contributed by atoms with Gasteiger partial charge < -0.3 is 20.7 Å². The van der Waals surface area contributed by atoms with Gasteiger partial charge in [-0.2, -0.15) is 0 Å². The molecule has 0 saturated carbocycles. The first-order valence-corrected chi connectivity index (χ1v) is 9.05. The molecule has 0 radical (unpaired) electrons. The predicted octanol–water partition coefficient (Wildman–Crippen LogP) is 5.11. The van der Waals surface area contributed by atoms with Gasteiger partial charge >= 0.3 is 6.03 Å². The van der Waals surface area contributed by atoms with E-state index in [1.54, 1.807) is 24.3 Å². The van der Waals surface area contributed by atoms with Crippen molar-refractivity contribution in [1.29, 1.82) is 0 Å². The predicted molar refractivity (Wildman–Crippen MR) is 115 cm³/mol. The minimum atomic E-state index is -0.313. The van der Waals surface area contributed by atoms with Crippen molar-refractivity contribution >= 4 is 34.0 Å². The van der Waals surface area contributed by atoms with Gasteiger partial charge in [0.25, 0.3) is 0 Å². The molecule has 4 aromatic rings. The van der Waals surface area contributed by atoms with Gasteiger partial charge in [0, 0.05) is 24.1 Å². The summed E-state index contributed by atoms with van der Waals surface area (Å²) >= 11 is 0. The number of amides is 2. The van der Waals surface area contributed by atoms with Crippen LogP contribution in [0.3, 0.4) is 0 Å². The first-order chi connectivity index (χ1) is 14.2. The van der Waals surface area contributed by atoms with Crippen molar-refractivity contribution in [3.8, 4) is 11.6 Å². The molecule has 0 fully saturated rings. The lowest BCUT2D eigenvalue weighted by Crippen LogP contribution is -2.19. The number of hydrogen-bond acceptors (Lipinski definition) is 5. The second kappa shape index (κ2) is 8.26. The van der Waals surface area contributed by atoms with E-state index in [1.807, 2.05) is 55.6 Å². The third-order valence-electron chi connectivity index (χ3n) is 4.25. The molecule has 4 rings (SSSR count). The summed E-state index contributed by atoms with van der Waals surface area (Å²) in [5.74, 6) is 1.08. The van der Waals surface area contributed by atoms with Crippen LogP contribution in [-0.4, -0.2) is 23.0 Å². The Hall–Kier alpha value is -4.13. The molecule has 0 aliphatic carbocycles. The fraction of sp³-hybridized carbons (Fsp3) is 0.0455. The Morgan fingerprint density at radius 3 is 2.24 bits per heavy atom. The van der Waals surface area contributed by atoms with E-state index in [0.29, 0.717) is 17.3 Å². The number of anilines is 3. The van der Waals surface area contributed by atoms with Crippen molar-refractivity contribution in [3.63, 3.8) is 0 Å². The number of ether oxygens (including phenoxy) is 1. The summed E-state index contributed by atoms with van der Waals surface area (Å²) < 4.78 is 5.92. The number of benzene rings is 3. The van der Waals surface area contributed by atoms with Crippen LogP contribution >= 0.6 is 0 Å². The lowest BCUT2D eigenvalue weighted by Gasteiger charge is -2.10. The van der Waals surface area contributed by atoms with Crippen molar-refractivity contribution in [2.45, 2.75) is 0 Å². The van der Waals surface area contributed by atoms with Crippen molar-refractivity contribution < 1.29 is 9.53 Å². The highest BCUT2D eigenvalue weighted by atomic mass is 16.5. The molecule has 1 heterocycles. The molecule has 0 atom stereocenters. The average Bonchev–Trinajstić information content (AvgIpc) is 2.75. The second-order valence-electron chi connectivity index (χ2n) is 6.23. The number of carbonyl (C=O) groups is 1. The number of para-hydroxylation sites is 1. The second-order valence-corrected chi connectivity index (χ2v) is 6.23. The number of urea groups is 1. The van der Waals surface area contributed by atoms with Crippen LogP contribution in [0.25, 0.3) is 10.9 Å². The quantitative estimate of drug-likeness (QED) is 0.444. The van der Waals surface area contributed by atoms with Gasteiger partial charge in [0.1, 0.15) is 12.1 Å². The summed E-state index contributed by atoms with van der Waals surface area (Å²) in [4.78, 5) is 20.6. The van der Waals surface area contributed by atoms with Crippen molar-refractivity contribution in [1.82, 2.24) is 9.97 Å². The Morgan fingerprint density at radius 2 is 1.52 bits per heavy atom. The standard InChI is InChI=1S/C22H19N5O2/c1-23-17-9-12-19-20(13-17)24-14-25-21(19)29-18-10-7-16(8-11-18)27-22(28)26-15-5-3-2-4-6-15/h2-14,23H,1H3,(H2,26,27,28). The summed E-state index contributed by atoms with van der Waals surface area (Å²) in [6.07, 6.45) is 1.47. The van der Waals surface area contributed by atoms with E-state index in [-0.39, 0.29) is 6.03 Å². The first kappa shape index (κ1) is 18.2. The zero-order chi connectivity index (χ0) is 20.1. The van der Waals surface area contributed by atoms with Crippen molar-refractivity contribution in [2.24, 2.45) is 0 Å². The number of fused-ring (bicyclic) bond motifs is 1. The lowest BCUT2D eigenvalue weighted by molar-refractivity contribution is 0.262. The van der Waals surface area contributed by atoms with Crippen LogP contribution in [-0.2, 0) is 0 Å². The number of rotatable bonds is 5. The highest BCUT2D eigenvalue weighted by Gasteiger charge is 2.08. The fourth-order valence-corrected chi connectivity index (χ4v) is 2.80. The van der Waals surface area contributed by atoms with E-state index in [2.05, 4.69) is 25.9 Å². The number of nitrogens with zero attached hydrogens (tertiary/aromatic N) is 2. The Morgan fingerprint density at radius 1 is 0.828 bits per heavy atom. The van der Waals surface area contributed by atoms with Crippen LogP contribution in [0.15, 0.2) is 79.1 Å². The molecule has 29 heavy (non-hydrogen) atoms. The van der Waals surface area contributed by atoms with Gasteiger partial charge in [0.2, 0.25) is 5.88 Å². The molecular weight excluding hydrogens is 366 g/mol. The first-order valence-electron chi connectivity index (χ1n) is 9.05. The Balaban J connectivity index is 1.44. The maximum Gasteiger partial charge on any atom is 0.323 e. The van der Waals surface area contributed by atoms with E-state index in [1.165, 1.54) is 6.33 Å². The minimum absolute atomic E-state index is 0.313. The normalized spacial score (nSPS) is 10.4. The largest absolute Gasteiger partial charge is 0.438 e. The van der Waals surface area contributed by atoms with Crippen LogP contribution < -0.4 is 20.7 Å². The van der Waals surface area contributed by atoms with Gasteiger partial charge in [-0.1, -0.05) is 18.2 Å². The molecule has 0 bridgehead atoms. The molecular formula is C22H19N5O2. The summed E-state index contributed by atoms with van der Waals surface area (Å²) in [6.45, 7) is 0. The maximum atomic E-state index is 12.1. The van der Waals surface area contributed by atoms with E-state index < -0.39 is 0 Å². The average molecular weight is 385 g/mol. The molecule has 7 nitrogen and oxygen atoms in total. The van der Waals surface area contributed by atoms with E-state index >= 15 is 0 Å². The lowest BCUT2D eigenvalue weighted by atomic mass is 10.2. The minimum Gasteiger partial charge on any atom is -0.438 e.